The molecule has 0 radical (unpaired) electrons. The minimum absolute atomic E-state index is 0.532. The molecule has 3 rings (SSSR count). The first-order valence-corrected chi connectivity index (χ1v) is 8.25. The van der Waals surface area contributed by atoms with Crippen LogP contribution in [0.25, 0.3) is 0 Å². The van der Waals surface area contributed by atoms with Gasteiger partial charge in [-0.2, -0.15) is 4.98 Å². The van der Waals surface area contributed by atoms with Gasteiger partial charge in [0.1, 0.15) is 5.82 Å². The van der Waals surface area contributed by atoms with Gasteiger partial charge in [0.15, 0.2) is 11.5 Å². The van der Waals surface area contributed by atoms with Crippen LogP contribution >= 0.6 is 0 Å². The topological polar surface area (TPSA) is 68.3 Å². The maximum Gasteiger partial charge on any atom is 0.229 e. The molecule has 134 valence electrons. The maximum absolute atomic E-state index is 5.33. The van der Waals surface area contributed by atoms with Gasteiger partial charge in [0, 0.05) is 23.6 Å². The second kappa shape index (κ2) is 7.74. The molecule has 26 heavy (non-hydrogen) atoms. The molecule has 1 aromatic heterocycles. The van der Waals surface area contributed by atoms with Crippen molar-refractivity contribution in [2.45, 2.75) is 13.8 Å². The Kier molecular flexibility index (Phi) is 5.22. The first-order valence-electron chi connectivity index (χ1n) is 8.25. The maximum atomic E-state index is 5.33. The van der Waals surface area contributed by atoms with Gasteiger partial charge in [-0.15, -0.1) is 0 Å². The predicted octanol–water partition coefficient (Wildman–Crippen LogP) is 4.60. The number of benzene rings is 2. The average Bonchev–Trinajstić information content (AvgIpc) is 2.65. The number of methoxy groups -OCH3 is 2. The molecule has 6 nitrogen and oxygen atoms in total. The minimum Gasteiger partial charge on any atom is -0.493 e. The standard InChI is InChI=1S/C20H22N4O2/c1-13-5-6-14(2)16(11-13)23-20-21-10-9-19(24-20)22-15-7-8-17(25-3)18(12-15)26-4/h5-12H,1-4H3,(H2,21,22,23,24). The van der Waals surface area contributed by atoms with Gasteiger partial charge in [-0.3, -0.25) is 0 Å². The molecule has 0 amide bonds. The highest BCUT2D eigenvalue weighted by molar-refractivity contribution is 5.64. The van der Waals surface area contributed by atoms with Crippen LogP contribution in [0.5, 0.6) is 11.5 Å². The highest BCUT2D eigenvalue weighted by atomic mass is 16.5. The molecule has 2 N–H and O–H groups in total. The summed E-state index contributed by atoms with van der Waals surface area (Å²) < 4.78 is 10.6. The smallest absolute Gasteiger partial charge is 0.229 e. The van der Waals surface area contributed by atoms with Gasteiger partial charge in [-0.25, -0.2) is 4.98 Å². The van der Waals surface area contributed by atoms with Crippen LogP contribution in [0.15, 0.2) is 48.7 Å². The second-order valence-electron chi connectivity index (χ2n) is 5.90. The third-order valence-corrected chi connectivity index (χ3v) is 3.95. The number of hydrogen-bond donors (Lipinski definition) is 2. The third kappa shape index (κ3) is 4.03. The lowest BCUT2D eigenvalue weighted by Crippen LogP contribution is -2.02. The number of aromatic nitrogens is 2. The summed E-state index contributed by atoms with van der Waals surface area (Å²) in [6.45, 7) is 4.11. The number of rotatable bonds is 6. The van der Waals surface area contributed by atoms with Gasteiger partial charge in [-0.05, 0) is 49.2 Å². The third-order valence-electron chi connectivity index (χ3n) is 3.95. The summed E-state index contributed by atoms with van der Waals surface area (Å²) in [4.78, 5) is 8.83. The van der Waals surface area contributed by atoms with E-state index in [-0.39, 0.29) is 0 Å². The van der Waals surface area contributed by atoms with Crippen LogP contribution in [-0.2, 0) is 0 Å². The van der Waals surface area contributed by atoms with Crippen LogP contribution in [0.3, 0.4) is 0 Å². The molecular weight excluding hydrogens is 328 g/mol. The van der Waals surface area contributed by atoms with Gasteiger partial charge >= 0.3 is 0 Å². The minimum atomic E-state index is 0.532. The summed E-state index contributed by atoms with van der Waals surface area (Å²) in [6.07, 6.45) is 1.71. The number of nitrogens with zero attached hydrogens (tertiary/aromatic N) is 2. The lowest BCUT2D eigenvalue weighted by molar-refractivity contribution is 0.355. The number of anilines is 4. The van der Waals surface area contributed by atoms with Crippen LogP contribution in [0.1, 0.15) is 11.1 Å². The molecule has 0 spiro atoms. The van der Waals surface area contributed by atoms with Gasteiger partial charge < -0.3 is 20.1 Å². The molecule has 0 aliphatic heterocycles. The van der Waals surface area contributed by atoms with Crippen molar-refractivity contribution >= 4 is 23.1 Å². The quantitative estimate of drug-likeness (QED) is 0.677. The van der Waals surface area contributed by atoms with E-state index < -0.39 is 0 Å². The van der Waals surface area contributed by atoms with E-state index in [1.165, 1.54) is 5.56 Å². The lowest BCUT2D eigenvalue weighted by Gasteiger charge is -2.12. The summed E-state index contributed by atoms with van der Waals surface area (Å²) in [5.74, 6) is 2.54. The van der Waals surface area contributed by atoms with Crippen molar-refractivity contribution in [3.8, 4) is 11.5 Å². The van der Waals surface area contributed by atoms with E-state index in [1.807, 2.05) is 31.2 Å². The SMILES string of the molecule is COc1ccc(Nc2ccnc(Nc3cc(C)ccc3C)n2)cc1OC. The Labute approximate surface area is 153 Å². The predicted molar refractivity (Wildman–Crippen MR) is 104 cm³/mol. The fourth-order valence-corrected chi connectivity index (χ4v) is 2.54. The number of aryl methyl sites for hydroxylation is 2. The van der Waals surface area contributed by atoms with E-state index in [2.05, 4.69) is 45.7 Å². The molecule has 0 saturated carbocycles. The van der Waals surface area contributed by atoms with Crippen molar-refractivity contribution < 1.29 is 9.47 Å². The second-order valence-corrected chi connectivity index (χ2v) is 5.90. The van der Waals surface area contributed by atoms with Gasteiger partial charge in [0.05, 0.1) is 14.2 Å². The normalized spacial score (nSPS) is 10.3. The van der Waals surface area contributed by atoms with E-state index in [1.54, 1.807) is 20.4 Å². The van der Waals surface area contributed by atoms with Crippen LogP contribution in [0.4, 0.5) is 23.1 Å². The molecule has 1 heterocycles. The largest absolute Gasteiger partial charge is 0.493 e. The van der Waals surface area contributed by atoms with E-state index >= 15 is 0 Å². The Hall–Kier alpha value is -3.28. The number of ether oxygens (including phenoxy) is 2. The first kappa shape index (κ1) is 17.5. The van der Waals surface area contributed by atoms with Crippen molar-refractivity contribution in [2.75, 3.05) is 24.9 Å². The molecule has 0 aliphatic rings. The average molecular weight is 350 g/mol. The van der Waals surface area contributed by atoms with E-state index in [0.29, 0.717) is 23.3 Å². The highest BCUT2D eigenvalue weighted by Crippen LogP contribution is 2.31. The fourth-order valence-electron chi connectivity index (χ4n) is 2.54. The molecule has 3 aromatic rings. The van der Waals surface area contributed by atoms with Crippen molar-refractivity contribution in [1.82, 2.24) is 9.97 Å². The summed E-state index contributed by atoms with van der Waals surface area (Å²) in [5, 5.41) is 6.53. The van der Waals surface area contributed by atoms with E-state index in [0.717, 1.165) is 16.9 Å². The zero-order valence-electron chi connectivity index (χ0n) is 15.3. The van der Waals surface area contributed by atoms with Crippen molar-refractivity contribution in [1.29, 1.82) is 0 Å². The molecule has 0 atom stereocenters. The van der Waals surface area contributed by atoms with Crippen LogP contribution < -0.4 is 20.1 Å². The summed E-state index contributed by atoms with van der Waals surface area (Å²) in [5.41, 5.74) is 4.16. The Bertz CT molecular complexity index is 912. The Morgan fingerprint density at radius 1 is 0.846 bits per heavy atom. The number of hydrogen-bond acceptors (Lipinski definition) is 6. The van der Waals surface area contributed by atoms with Crippen molar-refractivity contribution in [3.05, 3.63) is 59.8 Å². The first-order chi connectivity index (χ1) is 12.6. The molecule has 0 unspecified atom stereocenters. The Morgan fingerprint density at radius 3 is 2.42 bits per heavy atom. The highest BCUT2D eigenvalue weighted by Gasteiger charge is 2.07. The molecule has 0 aliphatic carbocycles. The zero-order valence-corrected chi connectivity index (χ0v) is 15.3. The van der Waals surface area contributed by atoms with Crippen LogP contribution in [-0.4, -0.2) is 24.2 Å². The molecule has 6 heteroatoms. The fraction of sp³-hybridized carbons (Fsp3) is 0.200. The Morgan fingerprint density at radius 2 is 1.65 bits per heavy atom. The Balaban J connectivity index is 1.80. The summed E-state index contributed by atoms with van der Waals surface area (Å²) in [6, 6.07) is 13.6. The van der Waals surface area contributed by atoms with E-state index in [9.17, 15) is 0 Å². The van der Waals surface area contributed by atoms with Gasteiger partial charge in [0.25, 0.3) is 0 Å². The lowest BCUT2D eigenvalue weighted by atomic mass is 10.1. The summed E-state index contributed by atoms with van der Waals surface area (Å²) >= 11 is 0. The molecule has 0 saturated heterocycles. The summed E-state index contributed by atoms with van der Waals surface area (Å²) in [7, 11) is 3.22. The van der Waals surface area contributed by atoms with Gasteiger partial charge in [-0.1, -0.05) is 12.1 Å². The van der Waals surface area contributed by atoms with Crippen LogP contribution in [0, 0.1) is 13.8 Å². The number of nitrogens with one attached hydrogen (secondary N) is 2. The molecule has 0 bridgehead atoms. The zero-order chi connectivity index (χ0) is 18.5. The molecule has 2 aromatic carbocycles. The van der Waals surface area contributed by atoms with E-state index in [4.69, 9.17) is 9.47 Å². The molecular formula is C20H22N4O2. The van der Waals surface area contributed by atoms with Crippen molar-refractivity contribution in [2.24, 2.45) is 0 Å². The van der Waals surface area contributed by atoms with Crippen LogP contribution in [0.2, 0.25) is 0 Å². The molecule has 0 fully saturated rings. The van der Waals surface area contributed by atoms with Crippen molar-refractivity contribution in [3.63, 3.8) is 0 Å². The monoisotopic (exact) mass is 350 g/mol. The van der Waals surface area contributed by atoms with Gasteiger partial charge in [0.2, 0.25) is 5.95 Å².